The molecule has 1 aliphatic rings. The van der Waals surface area contributed by atoms with E-state index in [1.807, 2.05) is 0 Å². The number of carbonyl (C=O) groups is 1. The first-order valence-electron chi connectivity index (χ1n) is 7.93. The van der Waals surface area contributed by atoms with E-state index in [1.165, 1.54) is 22.3 Å². The molecule has 1 saturated heterocycles. The molecule has 3 heteroatoms. The topological polar surface area (TPSA) is 38.3 Å². The van der Waals surface area contributed by atoms with Crippen LogP contribution >= 0.6 is 0 Å². The number of hydrogen-bond donors (Lipinski definition) is 1. The van der Waals surface area contributed by atoms with E-state index in [-0.39, 0.29) is 12.0 Å². The number of Topliss-reactive ketones (excluding diaryl/α,β-unsaturated/α-hetero) is 1. The maximum absolute atomic E-state index is 12.7. The maximum Gasteiger partial charge on any atom is 0.144 e. The molecule has 21 heavy (non-hydrogen) atoms. The summed E-state index contributed by atoms with van der Waals surface area (Å²) in [5, 5.41) is 3.44. The van der Waals surface area contributed by atoms with E-state index in [0.29, 0.717) is 25.4 Å². The monoisotopic (exact) mass is 289 g/mol. The lowest BCUT2D eigenvalue weighted by Gasteiger charge is -2.19. The van der Waals surface area contributed by atoms with E-state index in [1.54, 1.807) is 0 Å². The average molecular weight is 289 g/mol. The molecule has 0 radical (unpaired) electrons. The normalized spacial score (nSPS) is 21.7. The Labute approximate surface area is 128 Å². The van der Waals surface area contributed by atoms with Crippen molar-refractivity contribution in [3.05, 3.63) is 34.4 Å². The van der Waals surface area contributed by atoms with Gasteiger partial charge in [0.15, 0.2) is 0 Å². The SMILES string of the molecule is CCCNC1COCC1C(=O)Cc1c(C)cc(C)cc1C. The predicted molar refractivity (Wildman–Crippen MR) is 85.8 cm³/mol. The zero-order chi connectivity index (χ0) is 15.4. The highest BCUT2D eigenvalue weighted by Crippen LogP contribution is 2.22. The van der Waals surface area contributed by atoms with Gasteiger partial charge in [-0.3, -0.25) is 4.79 Å². The van der Waals surface area contributed by atoms with Crippen molar-refractivity contribution in [3.8, 4) is 0 Å². The van der Waals surface area contributed by atoms with Gasteiger partial charge in [0.1, 0.15) is 5.78 Å². The number of nitrogens with one attached hydrogen (secondary N) is 1. The van der Waals surface area contributed by atoms with E-state index in [2.05, 4.69) is 45.1 Å². The van der Waals surface area contributed by atoms with Crippen LogP contribution in [-0.2, 0) is 16.0 Å². The number of rotatable bonds is 6. The third-order valence-corrected chi connectivity index (χ3v) is 4.34. The second-order valence-corrected chi connectivity index (χ2v) is 6.22. The quantitative estimate of drug-likeness (QED) is 0.875. The highest BCUT2D eigenvalue weighted by Gasteiger charge is 2.33. The Morgan fingerprint density at radius 3 is 2.52 bits per heavy atom. The summed E-state index contributed by atoms with van der Waals surface area (Å²) >= 11 is 0. The summed E-state index contributed by atoms with van der Waals surface area (Å²) in [7, 11) is 0. The molecule has 1 aromatic carbocycles. The van der Waals surface area contributed by atoms with Gasteiger partial charge in [-0.05, 0) is 50.4 Å². The first kappa shape index (κ1) is 16.2. The zero-order valence-electron chi connectivity index (χ0n) is 13.7. The maximum atomic E-state index is 12.7. The summed E-state index contributed by atoms with van der Waals surface area (Å²) in [6, 6.07) is 4.50. The van der Waals surface area contributed by atoms with Crippen LogP contribution in [0.3, 0.4) is 0 Å². The molecule has 0 amide bonds. The molecule has 0 aromatic heterocycles. The minimum Gasteiger partial charge on any atom is -0.379 e. The summed E-state index contributed by atoms with van der Waals surface area (Å²) < 4.78 is 5.52. The van der Waals surface area contributed by atoms with Crippen molar-refractivity contribution in [1.29, 1.82) is 0 Å². The zero-order valence-corrected chi connectivity index (χ0v) is 13.7. The van der Waals surface area contributed by atoms with Crippen molar-refractivity contribution in [2.45, 2.75) is 46.6 Å². The number of aryl methyl sites for hydroxylation is 3. The fraction of sp³-hybridized carbons (Fsp3) is 0.611. The van der Waals surface area contributed by atoms with Crippen LogP contribution in [0.4, 0.5) is 0 Å². The number of ketones is 1. The molecule has 2 atom stereocenters. The van der Waals surface area contributed by atoms with E-state index >= 15 is 0 Å². The third-order valence-electron chi connectivity index (χ3n) is 4.34. The first-order valence-corrected chi connectivity index (χ1v) is 7.93. The van der Waals surface area contributed by atoms with Gasteiger partial charge in [0.2, 0.25) is 0 Å². The van der Waals surface area contributed by atoms with Gasteiger partial charge in [-0.2, -0.15) is 0 Å². The number of hydrogen-bond acceptors (Lipinski definition) is 3. The molecule has 1 aliphatic heterocycles. The Hall–Kier alpha value is -1.19. The Bertz CT molecular complexity index is 487. The predicted octanol–water partition coefficient (Wildman–Crippen LogP) is 2.74. The Kier molecular flexibility index (Phi) is 5.54. The molecule has 116 valence electrons. The van der Waals surface area contributed by atoms with Gasteiger partial charge in [0.05, 0.1) is 19.1 Å². The van der Waals surface area contributed by atoms with Crippen LogP contribution in [-0.4, -0.2) is 31.6 Å². The minimum atomic E-state index is -0.00310. The fourth-order valence-electron chi connectivity index (χ4n) is 3.20. The highest BCUT2D eigenvalue weighted by molar-refractivity contribution is 5.85. The number of ether oxygens (including phenoxy) is 1. The lowest BCUT2D eigenvalue weighted by Crippen LogP contribution is -2.40. The van der Waals surface area contributed by atoms with Gasteiger partial charge in [0.25, 0.3) is 0 Å². The van der Waals surface area contributed by atoms with Crippen LogP contribution in [0.5, 0.6) is 0 Å². The van der Waals surface area contributed by atoms with E-state index in [0.717, 1.165) is 13.0 Å². The number of benzene rings is 1. The lowest BCUT2D eigenvalue weighted by atomic mass is 9.89. The molecule has 1 N–H and O–H groups in total. The van der Waals surface area contributed by atoms with Crippen molar-refractivity contribution in [1.82, 2.24) is 5.32 Å². The van der Waals surface area contributed by atoms with Crippen molar-refractivity contribution >= 4 is 5.78 Å². The summed E-state index contributed by atoms with van der Waals surface area (Å²) in [4.78, 5) is 12.7. The van der Waals surface area contributed by atoms with Crippen molar-refractivity contribution < 1.29 is 9.53 Å². The molecule has 1 heterocycles. The van der Waals surface area contributed by atoms with Gasteiger partial charge in [0, 0.05) is 12.5 Å². The van der Waals surface area contributed by atoms with Crippen LogP contribution < -0.4 is 5.32 Å². The highest BCUT2D eigenvalue weighted by atomic mass is 16.5. The van der Waals surface area contributed by atoms with Crippen LogP contribution in [0.2, 0.25) is 0 Å². The largest absolute Gasteiger partial charge is 0.379 e. The van der Waals surface area contributed by atoms with Crippen LogP contribution in [0, 0.1) is 26.7 Å². The van der Waals surface area contributed by atoms with Crippen LogP contribution in [0.25, 0.3) is 0 Å². The second kappa shape index (κ2) is 7.19. The first-order chi connectivity index (χ1) is 10.0. The van der Waals surface area contributed by atoms with Gasteiger partial charge in [-0.1, -0.05) is 24.6 Å². The molecule has 2 rings (SSSR count). The Morgan fingerprint density at radius 2 is 1.90 bits per heavy atom. The van der Waals surface area contributed by atoms with E-state index in [9.17, 15) is 4.79 Å². The molecule has 1 aromatic rings. The molecule has 3 nitrogen and oxygen atoms in total. The average Bonchev–Trinajstić information content (AvgIpc) is 2.88. The Morgan fingerprint density at radius 1 is 1.24 bits per heavy atom. The molecule has 2 unspecified atom stereocenters. The van der Waals surface area contributed by atoms with Gasteiger partial charge in [-0.15, -0.1) is 0 Å². The fourth-order valence-corrected chi connectivity index (χ4v) is 3.20. The summed E-state index contributed by atoms with van der Waals surface area (Å²) in [5.41, 5.74) is 4.88. The van der Waals surface area contributed by atoms with Crippen molar-refractivity contribution in [2.75, 3.05) is 19.8 Å². The molecule has 0 saturated carbocycles. The van der Waals surface area contributed by atoms with Gasteiger partial charge in [-0.25, -0.2) is 0 Å². The van der Waals surface area contributed by atoms with E-state index < -0.39 is 0 Å². The van der Waals surface area contributed by atoms with Crippen LogP contribution in [0.15, 0.2) is 12.1 Å². The molecule has 0 spiro atoms. The lowest BCUT2D eigenvalue weighted by molar-refractivity contribution is -0.122. The molecular weight excluding hydrogens is 262 g/mol. The summed E-state index contributed by atoms with van der Waals surface area (Å²) in [5.74, 6) is 0.299. The summed E-state index contributed by atoms with van der Waals surface area (Å²) in [6.45, 7) is 10.6. The van der Waals surface area contributed by atoms with E-state index in [4.69, 9.17) is 4.74 Å². The molecule has 0 aliphatic carbocycles. The smallest absolute Gasteiger partial charge is 0.144 e. The van der Waals surface area contributed by atoms with Gasteiger partial charge < -0.3 is 10.1 Å². The Balaban J connectivity index is 2.07. The standard InChI is InChI=1S/C18H27NO2/c1-5-6-19-17-11-21-10-16(17)18(20)9-15-13(3)7-12(2)8-14(15)4/h7-8,16-17,19H,5-6,9-11H2,1-4H3. The molecule has 1 fully saturated rings. The minimum absolute atomic E-state index is 0.00310. The number of carbonyl (C=O) groups excluding carboxylic acids is 1. The second-order valence-electron chi connectivity index (χ2n) is 6.22. The molecule has 0 bridgehead atoms. The van der Waals surface area contributed by atoms with Crippen LogP contribution in [0.1, 0.15) is 35.6 Å². The van der Waals surface area contributed by atoms with Gasteiger partial charge >= 0.3 is 0 Å². The molecular formula is C18H27NO2. The van der Waals surface area contributed by atoms with Crippen molar-refractivity contribution in [3.63, 3.8) is 0 Å². The third kappa shape index (κ3) is 3.92. The van der Waals surface area contributed by atoms with Crippen molar-refractivity contribution in [2.24, 2.45) is 5.92 Å². The summed E-state index contributed by atoms with van der Waals surface area (Å²) in [6.07, 6.45) is 1.60.